The van der Waals surface area contributed by atoms with E-state index in [4.69, 9.17) is 16.3 Å². The van der Waals surface area contributed by atoms with Crippen molar-refractivity contribution in [3.05, 3.63) is 106 Å². The monoisotopic (exact) mass is 427 g/mol. The van der Waals surface area contributed by atoms with E-state index in [1.54, 1.807) is 54.6 Å². The Morgan fingerprint density at radius 2 is 1.71 bits per heavy atom. The molecule has 31 heavy (non-hydrogen) atoms. The number of hydrogen-bond acceptors (Lipinski definition) is 3. The Hall–Kier alpha value is -3.61. The second-order valence-corrected chi connectivity index (χ2v) is 7.76. The first-order valence-corrected chi connectivity index (χ1v) is 10.3. The molecule has 3 aromatic carbocycles. The van der Waals surface area contributed by atoms with Gasteiger partial charge in [0.2, 0.25) is 0 Å². The van der Waals surface area contributed by atoms with Gasteiger partial charge in [0.25, 0.3) is 0 Å². The minimum absolute atomic E-state index is 0.409. The van der Waals surface area contributed by atoms with Gasteiger partial charge in [0, 0.05) is 11.1 Å². The Kier molecular flexibility index (Phi) is 7.43. The van der Waals surface area contributed by atoms with E-state index in [1.165, 1.54) is 11.6 Å². The number of carbonyl (C=O) groups is 1. The Morgan fingerprint density at radius 1 is 1.00 bits per heavy atom. The van der Waals surface area contributed by atoms with Crippen molar-refractivity contribution in [2.45, 2.75) is 19.8 Å². The van der Waals surface area contributed by atoms with E-state index in [1.807, 2.05) is 18.2 Å². The fourth-order valence-corrected chi connectivity index (χ4v) is 3.08. The molecule has 0 atom stereocenters. The van der Waals surface area contributed by atoms with Gasteiger partial charge in [-0.1, -0.05) is 74.0 Å². The average Bonchev–Trinajstić information content (AvgIpc) is 2.77. The van der Waals surface area contributed by atoms with Crippen molar-refractivity contribution in [3.8, 4) is 11.8 Å². The second kappa shape index (κ2) is 10.4. The lowest BCUT2D eigenvalue weighted by molar-refractivity contribution is -0.128. The van der Waals surface area contributed by atoms with Crippen LogP contribution in [0.5, 0.6) is 5.75 Å². The number of rotatable bonds is 6. The molecule has 3 rings (SSSR count). The van der Waals surface area contributed by atoms with Gasteiger partial charge in [-0.3, -0.25) is 0 Å². The quantitative estimate of drug-likeness (QED) is 0.138. The van der Waals surface area contributed by atoms with Crippen LogP contribution in [0.4, 0.5) is 0 Å². The van der Waals surface area contributed by atoms with E-state index in [9.17, 15) is 10.1 Å². The molecule has 0 fully saturated rings. The van der Waals surface area contributed by atoms with E-state index in [0.717, 1.165) is 16.7 Å². The number of nitrogens with zero attached hydrogens (tertiary/aromatic N) is 1. The summed E-state index contributed by atoms with van der Waals surface area (Å²) in [6.45, 7) is 4.28. The lowest BCUT2D eigenvalue weighted by Crippen LogP contribution is -2.03. The molecule has 0 amide bonds. The molecular weight excluding hydrogens is 406 g/mol. The third kappa shape index (κ3) is 6.44. The van der Waals surface area contributed by atoms with Crippen LogP contribution >= 0.6 is 11.6 Å². The lowest BCUT2D eigenvalue weighted by atomic mass is 10.0. The van der Waals surface area contributed by atoms with E-state index in [-0.39, 0.29) is 0 Å². The molecule has 4 heteroatoms. The van der Waals surface area contributed by atoms with E-state index in [0.29, 0.717) is 22.3 Å². The van der Waals surface area contributed by atoms with Crippen LogP contribution in [-0.4, -0.2) is 5.97 Å². The molecule has 0 radical (unpaired) electrons. The van der Waals surface area contributed by atoms with Gasteiger partial charge in [-0.05, 0) is 64.6 Å². The maximum absolute atomic E-state index is 12.2. The topological polar surface area (TPSA) is 50.1 Å². The van der Waals surface area contributed by atoms with Crippen molar-refractivity contribution >= 4 is 35.3 Å². The van der Waals surface area contributed by atoms with Crippen molar-refractivity contribution in [3.63, 3.8) is 0 Å². The van der Waals surface area contributed by atoms with Crippen molar-refractivity contribution in [2.24, 2.45) is 0 Å². The number of allylic oxidation sites excluding steroid dienone is 1. The van der Waals surface area contributed by atoms with Gasteiger partial charge in [0.05, 0.1) is 11.6 Å². The number of benzene rings is 3. The highest BCUT2D eigenvalue weighted by atomic mass is 35.5. The third-order valence-electron chi connectivity index (χ3n) is 4.68. The summed E-state index contributed by atoms with van der Waals surface area (Å²) in [5, 5.41) is 10.1. The van der Waals surface area contributed by atoms with Crippen molar-refractivity contribution in [1.82, 2.24) is 0 Å². The van der Waals surface area contributed by atoms with Gasteiger partial charge in [0.15, 0.2) is 0 Å². The van der Waals surface area contributed by atoms with Gasteiger partial charge in [-0.15, -0.1) is 0 Å². The molecule has 0 saturated carbocycles. The lowest BCUT2D eigenvalue weighted by Gasteiger charge is -2.05. The highest BCUT2D eigenvalue weighted by Gasteiger charge is 2.05. The van der Waals surface area contributed by atoms with Crippen LogP contribution in [0.2, 0.25) is 5.02 Å². The summed E-state index contributed by atoms with van der Waals surface area (Å²) in [4.78, 5) is 12.2. The summed E-state index contributed by atoms with van der Waals surface area (Å²) < 4.78 is 5.42. The first-order chi connectivity index (χ1) is 14.9. The van der Waals surface area contributed by atoms with E-state index in [2.05, 4.69) is 32.0 Å². The maximum Gasteiger partial charge on any atom is 0.336 e. The molecule has 0 unspecified atom stereocenters. The largest absolute Gasteiger partial charge is 0.423 e. The van der Waals surface area contributed by atoms with Gasteiger partial charge in [-0.25, -0.2) is 4.79 Å². The summed E-state index contributed by atoms with van der Waals surface area (Å²) in [7, 11) is 0. The number of hydrogen-bond donors (Lipinski definition) is 0. The maximum atomic E-state index is 12.2. The van der Waals surface area contributed by atoms with Crippen LogP contribution in [-0.2, 0) is 4.79 Å². The Bertz CT molecular complexity index is 1150. The number of esters is 1. The molecule has 0 bridgehead atoms. The summed E-state index contributed by atoms with van der Waals surface area (Å²) in [6, 6.07) is 24.4. The van der Waals surface area contributed by atoms with E-state index >= 15 is 0 Å². The molecule has 0 N–H and O–H groups in total. The molecule has 0 aliphatic rings. The SMILES string of the molecule is CC(C)c1ccc(/C=C/C(=O)Oc2cccc(/C=C(/C#N)c3ccc(Cl)cc3)c2)cc1. The number of ether oxygens (including phenoxy) is 1. The first-order valence-electron chi connectivity index (χ1n) is 9.92. The zero-order valence-electron chi connectivity index (χ0n) is 17.4. The van der Waals surface area contributed by atoms with Crippen molar-refractivity contribution < 1.29 is 9.53 Å². The van der Waals surface area contributed by atoms with Crippen LogP contribution in [0, 0.1) is 11.3 Å². The predicted octanol–water partition coefficient (Wildman–Crippen LogP) is 7.15. The Balaban J connectivity index is 1.70. The molecule has 0 aliphatic carbocycles. The smallest absolute Gasteiger partial charge is 0.336 e. The fourth-order valence-electron chi connectivity index (χ4n) is 2.95. The summed E-state index contributed by atoms with van der Waals surface area (Å²) in [5.74, 6) is 0.407. The first kappa shape index (κ1) is 22.1. The van der Waals surface area contributed by atoms with Gasteiger partial charge < -0.3 is 4.74 Å². The molecule has 0 aromatic heterocycles. The molecule has 0 saturated heterocycles. The normalized spacial score (nSPS) is 11.5. The van der Waals surface area contributed by atoms with Crippen LogP contribution in [0.25, 0.3) is 17.7 Å². The molecule has 154 valence electrons. The van der Waals surface area contributed by atoms with Crippen LogP contribution in [0.3, 0.4) is 0 Å². The minimum atomic E-state index is -0.465. The summed E-state index contributed by atoms with van der Waals surface area (Å²) in [5.41, 5.74) is 4.19. The van der Waals surface area contributed by atoms with Crippen LogP contribution in [0.15, 0.2) is 78.9 Å². The van der Waals surface area contributed by atoms with Gasteiger partial charge >= 0.3 is 5.97 Å². The van der Waals surface area contributed by atoms with Crippen molar-refractivity contribution in [1.29, 1.82) is 5.26 Å². The van der Waals surface area contributed by atoms with Crippen LogP contribution < -0.4 is 4.74 Å². The fraction of sp³-hybridized carbons (Fsp3) is 0.111. The summed E-state index contributed by atoms with van der Waals surface area (Å²) >= 11 is 5.92. The average molecular weight is 428 g/mol. The molecule has 0 spiro atoms. The third-order valence-corrected chi connectivity index (χ3v) is 4.93. The zero-order chi connectivity index (χ0) is 22.2. The number of carbonyl (C=O) groups excluding carboxylic acids is 1. The number of halogens is 1. The molecular formula is C27H22ClNO2. The minimum Gasteiger partial charge on any atom is -0.423 e. The Morgan fingerprint density at radius 3 is 2.35 bits per heavy atom. The molecule has 3 nitrogen and oxygen atoms in total. The molecule has 3 aromatic rings. The second-order valence-electron chi connectivity index (χ2n) is 7.32. The van der Waals surface area contributed by atoms with Crippen molar-refractivity contribution in [2.75, 3.05) is 0 Å². The number of nitriles is 1. The zero-order valence-corrected chi connectivity index (χ0v) is 18.1. The highest BCUT2D eigenvalue weighted by Crippen LogP contribution is 2.22. The summed E-state index contributed by atoms with van der Waals surface area (Å²) in [6.07, 6.45) is 4.87. The molecule has 0 heterocycles. The van der Waals surface area contributed by atoms with Gasteiger partial charge in [0.1, 0.15) is 5.75 Å². The van der Waals surface area contributed by atoms with E-state index < -0.39 is 5.97 Å². The van der Waals surface area contributed by atoms with Crippen LogP contribution in [0.1, 0.15) is 42.0 Å². The molecule has 0 aliphatic heterocycles. The standard InChI is InChI=1S/C27H22ClNO2/c1-19(2)22-9-6-20(7-10-22)8-15-27(30)31-26-5-3-4-21(17-26)16-24(18-29)23-11-13-25(28)14-12-23/h3-17,19H,1-2H3/b15-8+,24-16-. The predicted molar refractivity (Wildman–Crippen MR) is 127 cm³/mol. The highest BCUT2D eigenvalue weighted by molar-refractivity contribution is 6.30. The Labute approximate surface area is 187 Å². The van der Waals surface area contributed by atoms with Gasteiger partial charge in [-0.2, -0.15) is 5.26 Å².